The lowest BCUT2D eigenvalue weighted by atomic mass is 10.2. The van der Waals surface area contributed by atoms with Gasteiger partial charge < -0.3 is 9.30 Å². The molecule has 0 fully saturated rings. The third-order valence-electron chi connectivity index (χ3n) is 5.79. The van der Waals surface area contributed by atoms with Crippen LogP contribution in [0.3, 0.4) is 0 Å². The molecule has 0 unspecified atom stereocenters. The largest absolute Gasteiger partial charge is 0.465 e. The van der Waals surface area contributed by atoms with Crippen LogP contribution in [0.25, 0.3) is 10.2 Å². The minimum atomic E-state index is -3.98. The average Bonchev–Trinajstić information content (AvgIpc) is 3.25. The first kappa shape index (κ1) is 29.1. The number of nitrogens with two attached hydrogens (primary N) is 1. The summed E-state index contributed by atoms with van der Waals surface area (Å²) < 4.78 is 58.3. The number of hydrogen-bond acceptors (Lipinski definition) is 8. The molecule has 0 atom stereocenters. The number of primary sulfonamides is 1. The Hall–Kier alpha value is -3.85. The van der Waals surface area contributed by atoms with Gasteiger partial charge in [0.05, 0.1) is 32.3 Å². The molecule has 14 heteroatoms. The minimum absolute atomic E-state index is 0.00418. The number of carbonyl (C=O) groups excluding carboxylic acids is 2. The molecule has 2 N–H and O–H groups in total. The molecule has 40 heavy (non-hydrogen) atoms. The Kier molecular flexibility index (Phi) is 8.54. The highest BCUT2D eigenvalue weighted by atomic mass is 32.2. The van der Waals surface area contributed by atoms with Crippen LogP contribution in [0.15, 0.2) is 87.6 Å². The predicted molar refractivity (Wildman–Crippen MR) is 151 cm³/mol. The quantitative estimate of drug-likeness (QED) is 0.289. The van der Waals surface area contributed by atoms with E-state index in [4.69, 9.17) is 9.88 Å². The number of benzene rings is 3. The van der Waals surface area contributed by atoms with Crippen LogP contribution in [0.4, 0.5) is 5.69 Å². The van der Waals surface area contributed by atoms with E-state index in [1.54, 1.807) is 44.2 Å². The van der Waals surface area contributed by atoms with Gasteiger partial charge >= 0.3 is 5.97 Å². The summed E-state index contributed by atoms with van der Waals surface area (Å²) in [6, 6.07) is 18.2. The molecule has 0 bridgehead atoms. The molecule has 1 heterocycles. The van der Waals surface area contributed by atoms with Crippen LogP contribution in [0.2, 0.25) is 0 Å². The van der Waals surface area contributed by atoms with E-state index in [0.717, 1.165) is 11.3 Å². The van der Waals surface area contributed by atoms with Crippen LogP contribution in [-0.4, -0.2) is 46.4 Å². The number of para-hydroxylation sites is 1. The number of rotatable bonds is 9. The lowest BCUT2D eigenvalue weighted by Crippen LogP contribution is -2.30. The Morgan fingerprint density at radius 2 is 1.60 bits per heavy atom. The molecule has 1 aromatic heterocycles. The number of sulfonamides is 2. The van der Waals surface area contributed by atoms with Crippen molar-refractivity contribution < 1.29 is 31.2 Å². The van der Waals surface area contributed by atoms with E-state index in [1.807, 2.05) is 0 Å². The number of nitrogens with zero attached hydrogens (tertiary/aromatic N) is 3. The lowest BCUT2D eigenvalue weighted by Gasteiger charge is -2.22. The minimum Gasteiger partial charge on any atom is -0.465 e. The van der Waals surface area contributed by atoms with Gasteiger partial charge in [-0.2, -0.15) is 4.99 Å². The van der Waals surface area contributed by atoms with E-state index in [2.05, 4.69) is 4.99 Å². The highest BCUT2D eigenvalue weighted by Crippen LogP contribution is 2.24. The van der Waals surface area contributed by atoms with E-state index in [1.165, 1.54) is 51.3 Å². The molecule has 4 rings (SSSR count). The Bertz CT molecular complexity index is 1850. The summed E-state index contributed by atoms with van der Waals surface area (Å²) in [5.74, 6) is -1.25. The number of thiazole rings is 1. The number of aromatic nitrogens is 1. The van der Waals surface area contributed by atoms with Crippen molar-refractivity contribution in [3.63, 3.8) is 0 Å². The SMILES string of the molecule is CCOC(=O)Cn1c(=NC(=O)c2ccc(S(=O)(=O)N(CC)c3ccccc3)cc2)sc2cc(S(N)(=O)=O)ccc21. The molecule has 3 aromatic carbocycles. The van der Waals surface area contributed by atoms with Gasteiger partial charge in [-0.25, -0.2) is 22.0 Å². The molecule has 0 aliphatic carbocycles. The molecule has 0 radical (unpaired) electrons. The Morgan fingerprint density at radius 1 is 0.950 bits per heavy atom. The Balaban J connectivity index is 1.72. The van der Waals surface area contributed by atoms with Gasteiger partial charge in [0.2, 0.25) is 10.0 Å². The van der Waals surface area contributed by atoms with Gasteiger partial charge in [-0.1, -0.05) is 29.5 Å². The van der Waals surface area contributed by atoms with Crippen molar-refractivity contribution >= 4 is 59.2 Å². The maximum atomic E-state index is 13.3. The van der Waals surface area contributed by atoms with Crippen molar-refractivity contribution in [3.8, 4) is 0 Å². The van der Waals surface area contributed by atoms with Crippen LogP contribution in [-0.2, 0) is 36.1 Å². The van der Waals surface area contributed by atoms with Crippen molar-refractivity contribution in [2.24, 2.45) is 10.1 Å². The van der Waals surface area contributed by atoms with Gasteiger partial charge in [0, 0.05) is 12.1 Å². The summed E-state index contributed by atoms with van der Waals surface area (Å²) in [7, 11) is -7.87. The van der Waals surface area contributed by atoms with Crippen molar-refractivity contribution in [1.29, 1.82) is 0 Å². The summed E-state index contributed by atoms with van der Waals surface area (Å²) in [4.78, 5) is 29.5. The highest BCUT2D eigenvalue weighted by Gasteiger charge is 2.24. The molecule has 0 spiro atoms. The van der Waals surface area contributed by atoms with Gasteiger partial charge in [0.1, 0.15) is 6.54 Å². The van der Waals surface area contributed by atoms with Crippen molar-refractivity contribution in [3.05, 3.63) is 83.2 Å². The smallest absolute Gasteiger partial charge is 0.326 e. The first-order chi connectivity index (χ1) is 19.0. The fraction of sp³-hybridized carbons (Fsp3) is 0.192. The topological polar surface area (TPSA) is 158 Å². The monoisotopic (exact) mass is 602 g/mol. The molecule has 1 amide bonds. The summed E-state index contributed by atoms with van der Waals surface area (Å²) in [6.07, 6.45) is 0. The summed E-state index contributed by atoms with van der Waals surface area (Å²) in [5.41, 5.74) is 1.09. The Labute approximate surface area is 235 Å². The van der Waals surface area contributed by atoms with Gasteiger partial charge in [-0.15, -0.1) is 0 Å². The molecule has 0 aliphatic rings. The summed E-state index contributed by atoms with van der Waals surface area (Å²) in [5, 5.41) is 5.25. The fourth-order valence-corrected chi connectivity index (χ4v) is 7.09. The molecule has 4 aromatic rings. The van der Waals surface area contributed by atoms with Gasteiger partial charge in [-0.3, -0.25) is 13.9 Å². The number of carbonyl (C=O) groups is 2. The van der Waals surface area contributed by atoms with E-state index in [9.17, 15) is 26.4 Å². The van der Waals surface area contributed by atoms with E-state index in [0.29, 0.717) is 15.9 Å². The van der Waals surface area contributed by atoms with Crippen LogP contribution in [0.1, 0.15) is 24.2 Å². The third-order valence-corrected chi connectivity index (χ3v) is 9.66. The van der Waals surface area contributed by atoms with Crippen molar-refractivity contribution in [1.82, 2.24) is 4.57 Å². The highest BCUT2D eigenvalue weighted by molar-refractivity contribution is 7.92. The molecular weight excluding hydrogens is 577 g/mol. The number of hydrogen-bond donors (Lipinski definition) is 1. The predicted octanol–water partition coefficient (Wildman–Crippen LogP) is 2.87. The van der Waals surface area contributed by atoms with Crippen molar-refractivity contribution in [2.45, 2.75) is 30.2 Å². The van der Waals surface area contributed by atoms with Gasteiger partial charge in [0.15, 0.2) is 4.80 Å². The molecule has 11 nitrogen and oxygen atoms in total. The van der Waals surface area contributed by atoms with Crippen LogP contribution < -0.4 is 14.2 Å². The molecule has 0 saturated heterocycles. The first-order valence-corrected chi connectivity index (χ1v) is 15.8. The summed E-state index contributed by atoms with van der Waals surface area (Å²) in [6.45, 7) is 3.48. The standard InChI is InChI=1S/C26H26N4O7S3/c1-3-30(19-8-6-5-7-9-19)40(35,36)20-12-10-18(11-13-20)25(32)28-26-29(17-24(31)37-4-2)22-15-14-21(39(27,33)34)16-23(22)38-26/h5-16H,3-4,17H2,1-2H3,(H2,27,33,34). The van der Waals surface area contributed by atoms with Crippen LogP contribution in [0, 0.1) is 0 Å². The number of fused-ring (bicyclic) bond motifs is 1. The maximum absolute atomic E-state index is 13.3. The fourth-order valence-electron chi connectivity index (χ4n) is 3.94. The molecule has 210 valence electrons. The summed E-state index contributed by atoms with van der Waals surface area (Å²) >= 11 is 0.994. The second-order valence-corrected chi connectivity index (χ2v) is 12.8. The molecule has 0 aliphatic heterocycles. The number of esters is 1. The van der Waals surface area contributed by atoms with E-state index in [-0.39, 0.29) is 39.9 Å². The van der Waals surface area contributed by atoms with Crippen LogP contribution >= 0.6 is 11.3 Å². The van der Waals surface area contributed by atoms with Crippen molar-refractivity contribution in [2.75, 3.05) is 17.5 Å². The number of ether oxygens (including phenoxy) is 1. The van der Waals surface area contributed by atoms with E-state index < -0.39 is 31.9 Å². The lowest BCUT2D eigenvalue weighted by molar-refractivity contribution is -0.143. The first-order valence-electron chi connectivity index (χ1n) is 12.0. The zero-order valence-electron chi connectivity index (χ0n) is 21.6. The third kappa shape index (κ3) is 6.14. The zero-order valence-corrected chi connectivity index (χ0v) is 24.0. The van der Waals surface area contributed by atoms with Gasteiger partial charge in [-0.05, 0) is 68.4 Å². The normalized spacial score (nSPS) is 12.4. The second-order valence-electron chi connectivity index (χ2n) is 8.40. The van der Waals surface area contributed by atoms with E-state index >= 15 is 0 Å². The zero-order chi connectivity index (χ0) is 29.1. The van der Waals surface area contributed by atoms with Crippen LogP contribution in [0.5, 0.6) is 0 Å². The number of amides is 1. The number of anilines is 1. The van der Waals surface area contributed by atoms with Gasteiger partial charge in [0.25, 0.3) is 15.9 Å². The average molecular weight is 603 g/mol. The second kappa shape index (κ2) is 11.7. The Morgan fingerprint density at radius 3 is 2.20 bits per heavy atom. The maximum Gasteiger partial charge on any atom is 0.326 e. The molecular formula is C26H26N4O7S3. The molecule has 0 saturated carbocycles.